The van der Waals surface area contributed by atoms with E-state index >= 15 is 0 Å². The molecule has 0 radical (unpaired) electrons. The highest BCUT2D eigenvalue weighted by molar-refractivity contribution is 5.70. The summed E-state index contributed by atoms with van der Waals surface area (Å²) in [5.74, 6) is 0.486. The first-order valence-electron chi connectivity index (χ1n) is 7.01. The number of carboxylic acid groups (broad SMARTS) is 1. The minimum absolute atomic E-state index is 0.266. The van der Waals surface area contributed by atoms with Crippen molar-refractivity contribution in [3.05, 3.63) is 17.2 Å². The van der Waals surface area contributed by atoms with E-state index in [1.54, 1.807) is 0 Å². The highest BCUT2D eigenvalue weighted by Gasteiger charge is 2.30. The maximum absolute atomic E-state index is 11.1. The molecule has 1 aromatic heterocycles. The number of rotatable bonds is 2. The summed E-state index contributed by atoms with van der Waals surface area (Å²) < 4.78 is 7.71. The van der Waals surface area contributed by atoms with Crippen LogP contribution < -0.4 is 0 Å². The monoisotopic (exact) mass is 264 g/mol. The Balaban J connectivity index is 1.86. The van der Waals surface area contributed by atoms with Gasteiger partial charge in [-0.1, -0.05) is 0 Å². The van der Waals surface area contributed by atoms with Crippen LogP contribution in [0.2, 0.25) is 0 Å². The number of fused-ring (bicyclic) bond motifs is 1. The van der Waals surface area contributed by atoms with E-state index in [1.807, 2.05) is 0 Å². The largest absolute Gasteiger partial charge is 0.481 e. The maximum atomic E-state index is 11.1. The van der Waals surface area contributed by atoms with Gasteiger partial charge in [0.2, 0.25) is 0 Å². The fraction of sp³-hybridized carbons (Fsp3) is 0.714. The quantitative estimate of drug-likeness (QED) is 0.879. The first kappa shape index (κ1) is 12.7. The molecule has 1 aromatic rings. The smallest absolute Gasteiger partial charge is 0.306 e. The molecule has 0 bridgehead atoms. The summed E-state index contributed by atoms with van der Waals surface area (Å²) >= 11 is 0. The second-order valence-electron chi connectivity index (χ2n) is 5.61. The maximum Gasteiger partial charge on any atom is 0.306 e. The first-order chi connectivity index (χ1) is 9.16. The number of aromatic nitrogens is 2. The molecular formula is C14H20N2O3. The Hall–Kier alpha value is -1.36. The zero-order valence-electron chi connectivity index (χ0n) is 11.3. The number of hydrogen-bond acceptors (Lipinski definition) is 3. The molecule has 2 aliphatic rings. The summed E-state index contributed by atoms with van der Waals surface area (Å²) in [5, 5.41) is 9.13. The average Bonchev–Trinajstić information content (AvgIpc) is 2.76. The third kappa shape index (κ3) is 2.27. The van der Waals surface area contributed by atoms with E-state index in [2.05, 4.69) is 11.6 Å². The standard InChI is InChI=1S/C14H20N2O3/c1-16-12-5-4-9(14(17)18)7-11(12)15-13(16)10-3-2-6-19-8-10/h9-10H,2-8H2,1H3,(H,17,18). The Labute approximate surface area is 112 Å². The minimum atomic E-state index is -0.696. The third-order valence-electron chi connectivity index (χ3n) is 4.38. The van der Waals surface area contributed by atoms with Gasteiger partial charge in [-0.15, -0.1) is 0 Å². The number of carboxylic acids is 1. The average molecular weight is 264 g/mol. The van der Waals surface area contributed by atoms with Gasteiger partial charge in [-0.25, -0.2) is 4.98 Å². The fourth-order valence-corrected chi connectivity index (χ4v) is 3.25. The second-order valence-corrected chi connectivity index (χ2v) is 5.61. The van der Waals surface area contributed by atoms with Crippen molar-refractivity contribution in [2.24, 2.45) is 13.0 Å². The molecule has 3 rings (SSSR count). The molecular weight excluding hydrogens is 244 g/mol. The van der Waals surface area contributed by atoms with Crippen molar-refractivity contribution in [3.8, 4) is 0 Å². The molecule has 2 unspecified atom stereocenters. The normalized spacial score (nSPS) is 27.0. The number of hydrogen-bond donors (Lipinski definition) is 1. The third-order valence-corrected chi connectivity index (χ3v) is 4.38. The zero-order chi connectivity index (χ0) is 13.4. The van der Waals surface area contributed by atoms with Crippen molar-refractivity contribution in [2.75, 3.05) is 13.2 Å². The Morgan fingerprint density at radius 3 is 3.00 bits per heavy atom. The van der Waals surface area contributed by atoms with Crippen molar-refractivity contribution in [1.82, 2.24) is 9.55 Å². The van der Waals surface area contributed by atoms with Gasteiger partial charge in [-0.05, 0) is 25.7 Å². The second kappa shape index (κ2) is 4.96. The van der Waals surface area contributed by atoms with Crippen LogP contribution in [0.5, 0.6) is 0 Å². The van der Waals surface area contributed by atoms with Crippen molar-refractivity contribution < 1.29 is 14.6 Å². The van der Waals surface area contributed by atoms with Gasteiger partial charge >= 0.3 is 5.97 Å². The lowest BCUT2D eigenvalue weighted by atomic mass is 9.90. The van der Waals surface area contributed by atoms with Crippen molar-refractivity contribution in [3.63, 3.8) is 0 Å². The van der Waals surface area contributed by atoms with Crippen LogP contribution in [0.3, 0.4) is 0 Å². The Kier molecular flexibility index (Phi) is 3.31. The summed E-state index contributed by atoms with van der Waals surface area (Å²) in [4.78, 5) is 15.8. The summed E-state index contributed by atoms with van der Waals surface area (Å²) in [6, 6.07) is 0. The van der Waals surface area contributed by atoms with Crippen molar-refractivity contribution in [1.29, 1.82) is 0 Å². The molecule has 1 aliphatic heterocycles. The van der Waals surface area contributed by atoms with Crippen LogP contribution in [0.1, 0.15) is 42.4 Å². The molecule has 19 heavy (non-hydrogen) atoms. The molecule has 5 nitrogen and oxygen atoms in total. The van der Waals surface area contributed by atoms with Gasteiger partial charge in [0.25, 0.3) is 0 Å². The summed E-state index contributed by atoms with van der Waals surface area (Å²) in [7, 11) is 2.05. The highest BCUT2D eigenvalue weighted by atomic mass is 16.5. The molecule has 0 amide bonds. The lowest BCUT2D eigenvalue weighted by molar-refractivity contribution is -0.142. The lowest BCUT2D eigenvalue weighted by Gasteiger charge is -2.22. The number of nitrogens with zero attached hydrogens (tertiary/aromatic N) is 2. The minimum Gasteiger partial charge on any atom is -0.481 e. The molecule has 0 saturated carbocycles. The number of aliphatic carboxylic acids is 1. The molecule has 1 saturated heterocycles. The molecule has 1 fully saturated rings. The van der Waals surface area contributed by atoms with Crippen LogP contribution in [0.4, 0.5) is 0 Å². The summed E-state index contributed by atoms with van der Waals surface area (Å²) in [6.07, 6.45) is 4.32. The van der Waals surface area contributed by atoms with Gasteiger partial charge in [-0.2, -0.15) is 0 Å². The predicted octanol–water partition coefficient (Wildman–Crippen LogP) is 1.50. The van der Waals surface area contributed by atoms with Gasteiger partial charge in [0, 0.05) is 31.7 Å². The molecule has 1 aliphatic carbocycles. The predicted molar refractivity (Wildman–Crippen MR) is 69.2 cm³/mol. The van der Waals surface area contributed by atoms with Crippen molar-refractivity contribution in [2.45, 2.75) is 38.0 Å². The van der Waals surface area contributed by atoms with Crippen LogP contribution in [0.15, 0.2) is 0 Å². The van der Waals surface area contributed by atoms with Crippen LogP contribution in [-0.4, -0.2) is 33.8 Å². The van der Waals surface area contributed by atoms with Crippen LogP contribution in [0, 0.1) is 5.92 Å². The van der Waals surface area contributed by atoms with Crippen molar-refractivity contribution >= 4 is 5.97 Å². The van der Waals surface area contributed by atoms with Gasteiger partial charge in [0.1, 0.15) is 5.82 Å². The topological polar surface area (TPSA) is 64.4 Å². The Bertz CT molecular complexity index is 489. The highest BCUT2D eigenvalue weighted by Crippen LogP contribution is 2.31. The Morgan fingerprint density at radius 2 is 2.32 bits per heavy atom. The van der Waals surface area contributed by atoms with E-state index in [9.17, 15) is 4.79 Å². The van der Waals surface area contributed by atoms with E-state index < -0.39 is 5.97 Å². The molecule has 0 spiro atoms. The SMILES string of the molecule is Cn1c(C2CCCOC2)nc2c1CCC(C(=O)O)C2. The molecule has 5 heteroatoms. The Morgan fingerprint density at radius 1 is 1.47 bits per heavy atom. The van der Waals surface area contributed by atoms with Gasteiger partial charge in [0.15, 0.2) is 0 Å². The summed E-state index contributed by atoms with van der Waals surface area (Å²) in [6.45, 7) is 1.59. The van der Waals surface area contributed by atoms with E-state index in [4.69, 9.17) is 14.8 Å². The molecule has 2 heterocycles. The van der Waals surface area contributed by atoms with Crippen LogP contribution >= 0.6 is 0 Å². The molecule has 2 atom stereocenters. The zero-order valence-corrected chi connectivity index (χ0v) is 11.3. The molecule has 0 aromatic carbocycles. The number of carbonyl (C=O) groups is 1. The van der Waals surface area contributed by atoms with Gasteiger partial charge in [-0.3, -0.25) is 4.79 Å². The van der Waals surface area contributed by atoms with Crippen LogP contribution in [-0.2, 0) is 29.4 Å². The summed E-state index contributed by atoms with van der Waals surface area (Å²) in [5.41, 5.74) is 2.21. The molecule has 1 N–H and O–H groups in total. The van der Waals surface area contributed by atoms with Crippen LogP contribution in [0.25, 0.3) is 0 Å². The van der Waals surface area contributed by atoms with E-state index in [1.165, 1.54) is 5.69 Å². The van der Waals surface area contributed by atoms with Gasteiger partial charge in [0.05, 0.1) is 18.2 Å². The van der Waals surface area contributed by atoms with E-state index in [0.717, 1.165) is 50.4 Å². The first-order valence-corrected chi connectivity index (χ1v) is 7.01. The van der Waals surface area contributed by atoms with E-state index in [0.29, 0.717) is 12.3 Å². The fourth-order valence-electron chi connectivity index (χ4n) is 3.25. The van der Waals surface area contributed by atoms with E-state index in [-0.39, 0.29) is 5.92 Å². The number of imidazole rings is 1. The number of ether oxygens (including phenoxy) is 1. The molecule has 104 valence electrons. The van der Waals surface area contributed by atoms with Gasteiger partial charge < -0.3 is 14.4 Å². The lowest BCUT2D eigenvalue weighted by Crippen LogP contribution is -2.23.